The number of nitrogens with zero attached hydrogens (tertiary/aromatic N) is 1. The molecule has 0 spiro atoms. The smallest absolute Gasteiger partial charge is 0.305 e. The van der Waals surface area contributed by atoms with E-state index in [1.54, 1.807) is 0 Å². The first kappa shape index (κ1) is 17.5. The first-order valence-electron chi connectivity index (χ1n) is 7.60. The largest absolute Gasteiger partial charge is 0.466 e. The van der Waals surface area contributed by atoms with Crippen molar-refractivity contribution in [1.29, 1.82) is 0 Å². The van der Waals surface area contributed by atoms with Crippen molar-refractivity contribution >= 4 is 23.1 Å². The Morgan fingerprint density at radius 2 is 2.00 bits per heavy atom. The number of hydrogen-bond acceptors (Lipinski definition) is 5. The van der Waals surface area contributed by atoms with Gasteiger partial charge in [0.05, 0.1) is 19.8 Å². The summed E-state index contributed by atoms with van der Waals surface area (Å²) in [6.45, 7) is 7.91. The highest BCUT2D eigenvalue weighted by molar-refractivity contribution is 7.80. The Balaban J connectivity index is 2.36. The highest BCUT2D eigenvalue weighted by Gasteiger charge is 2.21. The second-order valence-electron chi connectivity index (χ2n) is 5.24. The van der Waals surface area contributed by atoms with Crippen LogP contribution in [0.15, 0.2) is 0 Å². The van der Waals surface area contributed by atoms with Crippen molar-refractivity contribution in [2.75, 3.05) is 32.9 Å². The summed E-state index contributed by atoms with van der Waals surface area (Å²) in [4.78, 5) is 14.9. The van der Waals surface area contributed by atoms with Crippen LogP contribution in [-0.4, -0.2) is 54.7 Å². The molecule has 4 nitrogen and oxygen atoms in total. The van der Waals surface area contributed by atoms with Gasteiger partial charge in [0.1, 0.15) is 0 Å². The zero-order valence-electron chi connectivity index (χ0n) is 12.7. The van der Waals surface area contributed by atoms with Crippen LogP contribution in [0.1, 0.15) is 46.0 Å². The van der Waals surface area contributed by atoms with Gasteiger partial charge in [0.15, 0.2) is 0 Å². The number of carbonyl (C=O) groups is 1. The lowest BCUT2D eigenvalue weighted by Crippen LogP contribution is -2.43. The molecule has 0 aromatic carbocycles. The molecule has 0 saturated carbocycles. The monoisotopic (exact) mass is 301 g/mol. The van der Waals surface area contributed by atoms with Gasteiger partial charge in [-0.3, -0.25) is 9.69 Å². The zero-order chi connectivity index (χ0) is 14.8. The molecular formula is C15H27NO3S. The molecule has 0 radical (unpaired) electrons. The number of carbonyl (C=O) groups excluding carboxylic acids is 1. The number of morpholine rings is 1. The number of ether oxygens (including phenoxy) is 2. The molecule has 0 N–H and O–H groups in total. The molecule has 0 unspecified atom stereocenters. The predicted molar refractivity (Wildman–Crippen MR) is 84.2 cm³/mol. The fourth-order valence-corrected chi connectivity index (χ4v) is 2.66. The van der Waals surface area contributed by atoms with Gasteiger partial charge in [0, 0.05) is 25.6 Å². The minimum Gasteiger partial charge on any atom is -0.466 e. The molecule has 0 aromatic rings. The highest BCUT2D eigenvalue weighted by atomic mass is 32.1. The molecule has 1 fully saturated rings. The molecule has 20 heavy (non-hydrogen) atoms. The molecule has 1 rings (SSSR count). The van der Waals surface area contributed by atoms with E-state index < -0.39 is 0 Å². The van der Waals surface area contributed by atoms with Gasteiger partial charge in [0.2, 0.25) is 0 Å². The lowest BCUT2D eigenvalue weighted by Gasteiger charge is -2.34. The fraction of sp³-hybridized carbons (Fsp3) is 0.867. The van der Waals surface area contributed by atoms with E-state index in [1.165, 1.54) is 0 Å². The van der Waals surface area contributed by atoms with Gasteiger partial charge in [-0.2, -0.15) is 0 Å². The van der Waals surface area contributed by atoms with Gasteiger partial charge in [-0.1, -0.05) is 12.2 Å². The molecule has 1 heterocycles. The third kappa shape index (κ3) is 7.31. The van der Waals surface area contributed by atoms with Crippen LogP contribution in [0, 0.1) is 0 Å². The van der Waals surface area contributed by atoms with Crippen molar-refractivity contribution in [2.24, 2.45) is 0 Å². The van der Waals surface area contributed by atoms with Crippen LogP contribution in [-0.2, 0) is 14.3 Å². The summed E-state index contributed by atoms with van der Waals surface area (Å²) >= 11 is 5.19. The average Bonchev–Trinajstić information content (AvgIpc) is 2.43. The van der Waals surface area contributed by atoms with Gasteiger partial charge in [-0.05, 0) is 44.4 Å². The summed E-state index contributed by atoms with van der Waals surface area (Å²) in [5.41, 5.74) is 0. The zero-order valence-corrected chi connectivity index (χ0v) is 13.5. The molecule has 0 amide bonds. The molecule has 1 aliphatic heterocycles. The van der Waals surface area contributed by atoms with Crippen molar-refractivity contribution in [3.63, 3.8) is 0 Å². The second kappa shape index (κ2) is 10.2. The molecule has 0 aliphatic carbocycles. The van der Waals surface area contributed by atoms with E-state index in [0.29, 0.717) is 19.1 Å². The van der Waals surface area contributed by atoms with Crippen LogP contribution in [0.25, 0.3) is 0 Å². The van der Waals surface area contributed by atoms with E-state index in [9.17, 15) is 4.79 Å². The minimum absolute atomic E-state index is 0.0840. The Morgan fingerprint density at radius 3 is 2.60 bits per heavy atom. The molecule has 116 valence electrons. The van der Waals surface area contributed by atoms with Crippen LogP contribution in [0.5, 0.6) is 0 Å². The Bertz CT molecular complexity index is 303. The molecule has 0 bridgehead atoms. The van der Waals surface area contributed by atoms with E-state index in [0.717, 1.165) is 56.9 Å². The standard InChI is InChI=1S/C15H27NO3S/c1-3-19-15(17)6-4-5-14(8-7-13(2)20)16-9-11-18-12-10-16/h14H,3-12H2,1-2H3/t14-/m1/s1. The van der Waals surface area contributed by atoms with Crippen LogP contribution in [0.2, 0.25) is 0 Å². The van der Waals surface area contributed by atoms with E-state index in [1.807, 2.05) is 13.8 Å². The number of thiocarbonyl (C=S) groups is 1. The van der Waals surface area contributed by atoms with Crippen molar-refractivity contribution in [3.8, 4) is 0 Å². The third-order valence-corrected chi connectivity index (χ3v) is 3.82. The van der Waals surface area contributed by atoms with Crippen LogP contribution in [0.3, 0.4) is 0 Å². The Morgan fingerprint density at radius 1 is 1.30 bits per heavy atom. The van der Waals surface area contributed by atoms with Gasteiger partial charge < -0.3 is 9.47 Å². The summed E-state index contributed by atoms with van der Waals surface area (Å²) in [5.74, 6) is -0.0840. The van der Waals surface area contributed by atoms with Crippen molar-refractivity contribution in [3.05, 3.63) is 0 Å². The van der Waals surface area contributed by atoms with Gasteiger partial charge in [0.25, 0.3) is 0 Å². The summed E-state index contributed by atoms with van der Waals surface area (Å²) in [6.07, 6.45) is 4.50. The number of rotatable bonds is 9. The van der Waals surface area contributed by atoms with E-state index >= 15 is 0 Å². The highest BCUT2D eigenvalue weighted by Crippen LogP contribution is 2.17. The molecular weight excluding hydrogens is 274 g/mol. The average molecular weight is 301 g/mol. The summed E-state index contributed by atoms with van der Waals surface area (Å²) in [6, 6.07) is 0.506. The SMILES string of the molecule is CCOC(=O)CCC[C@H](CCC(C)=S)N1CCOCC1. The normalized spacial score (nSPS) is 17.7. The maximum atomic E-state index is 11.4. The van der Waals surface area contributed by atoms with E-state index in [2.05, 4.69) is 4.90 Å². The minimum atomic E-state index is -0.0840. The van der Waals surface area contributed by atoms with Gasteiger partial charge in [-0.15, -0.1) is 0 Å². The Hall–Kier alpha value is -0.520. The van der Waals surface area contributed by atoms with Crippen LogP contribution < -0.4 is 0 Å². The second-order valence-corrected chi connectivity index (χ2v) is 5.94. The van der Waals surface area contributed by atoms with E-state index in [-0.39, 0.29) is 5.97 Å². The predicted octanol–water partition coefficient (Wildman–Crippen LogP) is 2.59. The number of hydrogen-bond donors (Lipinski definition) is 0. The summed E-state index contributed by atoms with van der Waals surface area (Å²) in [5, 5.41) is 0. The number of esters is 1. The maximum absolute atomic E-state index is 11.4. The summed E-state index contributed by atoms with van der Waals surface area (Å²) in [7, 11) is 0. The maximum Gasteiger partial charge on any atom is 0.305 e. The lowest BCUT2D eigenvalue weighted by molar-refractivity contribution is -0.143. The van der Waals surface area contributed by atoms with Crippen LogP contribution >= 0.6 is 12.2 Å². The molecule has 1 atom stereocenters. The fourth-order valence-electron chi connectivity index (χ4n) is 2.54. The van der Waals surface area contributed by atoms with Gasteiger partial charge in [-0.25, -0.2) is 0 Å². The molecule has 0 aromatic heterocycles. The van der Waals surface area contributed by atoms with Crippen molar-refractivity contribution in [2.45, 2.75) is 52.0 Å². The van der Waals surface area contributed by atoms with Crippen molar-refractivity contribution < 1.29 is 14.3 Å². The molecule has 5 heteroatoms. The lowest BCUT2D eigenvalue weighted by atomic mass is 10.0. The molecule has 1 saturated heterocycles. The van der Waals surface area contributed by atoms with E-state index in [4.69, 9.17) is 21.7 Å². The van der Waals surface area contributed by atoms with Crippen LogP contribution in [0.4, 0.5) is 0 Å². The molecule has 1 aliphatic rings. The quantitative estimate of drug-likeness (QED) is 0.483. The topological polar surface area (TPSA) is 38.8 Å². The first-order chi connectivity index (χ1) is 9.63. The summed E-state index contributed by atoms with van der Waals surface area (Å²) < 4.78 is 10.4. The third-order valence-electron chi connectivity index (χ3n) is 3.62. The van der Waals surface area contributed by atoms with Gasteiger partial charge >= 0.3 is 5.97 Å². The Kier molecular flexibility index (Phi) is 8.98. The Labute approximate surface area is 127 Å². The van der Waals surface area contributed by atoms with Crippen molar-refractivity contribution in [1.82, 2.24) is 4.90 Å². The first-order valence-corrected chi connectivity index (χ1v) is 8.01.